The molecule has 1 unspecified atom stereocenters. The quantitative estimate of drug-likeness (QED) is 0.903. The number of para-hydroxylation sites is 1. The van der Waals surface area contributed by atoms with Crippen molar-refractivity contribution in [2.45, 2.75) is 13.0 Å². The molecule has 2 aromatic rings. The van der Waals surface area contributed by atoms with Crippen molar-refractivity contribution in [1.29, 1.82) is 0 Å². The van der Waals surface area contributed by atoms with E-state index in [-0.39, 0.29) is 11.7 Å². The monoisotopic (exact) mass is 268 g/mol. The van der Waals surface area contributed by atoms with Gasteiger partial charge in [-0.05, 0) is 31.2 Å². The second kappa shape index (κ2) is 5.31. The molecule has 0 radical (unpaired) electrons. The van der Waals surface area contributed by atoms with Crippen LogP contribution in [-0.4, -0.2) is 4.98 Å². The number of pyridine rings is 1. The van der Waals surface area contributed by atoms with Gasteiger partial charge < -0.3 is 5.32 Å². The molecule has 5 heteroatoms. The molecule has 1 heterocycles. The van der Waals surface area contributed by atoms with Gasteiger partial charge in [-0.15, -0.1) is 0 Å². The fraction of sp³-hybridized carbons (Fsp3) is 0.154. The zero-order valence-electron chi connectivity index (χ0n) is 9.62. The molecule has 0 aliphatic rings. The lowest BCUT2D eigenvalue weighted by atomic mass is 10.2. The number of halogens is 3. The Morgan fingerprint density at radius 1 is 1.22 bits per heavy atom. The first-order chi connectivity index (χ1) is 8.58. The first kappa shape index (κ1) is 12.8. The van der Waals surface area contributed by atoms with E-state index >= 15 is 0 Å². The summed E-state index contributed by atoms with van der Waals surface area (Å²) in [6.45, 7) is 1.79. The Hall–Kier alpha value is -1.68. The highest BCUT2D eigenvalue weighted by Gasteiger charge is 2.12. The molecule has 18 heavy (non-hydrogen) atoms. The summed E-state index contributed by atoms with van der Waals surface area (Å²) in [6, 6.07) is 7.02. The Labute approximate surface area is 109 Å². The lowest BCUT2D eigenvalue weighted by molar-refractivity contribution is 0.615. The summed E-state index contributed by atoms with van der Waals surface area (Å²) in [5.41, 5.74) is 0.827. The molecule has 0 bridgehead atoms. The van der Waals surface area contributed by atoms with Gasteiger partial charge in [0.15, 0.2) is 0 Å². The minimum absolute atomic E-state index is 0.220. The number of benzene rings is 1. The molecule has 0 saturated carbocycles. The van der Waals surface area contributed by atoms with Gasteiger partial charge in [0.25, 0.3) is 0 Å². The number of hydrogen-bond acceptors (Lipinski definition) is 2. The molecule has 2 rings (SSSR count). The molecule has 0 fully saturated rings. The van der Waals surface area contributed by atoms with Crippen molar-refractivity contribution >= 4 is 17.3 Å². The van der Waals surface area contributed by atoms with E-state index in [9.17, 15) is 8.78 Å². The van der Waals surface area contributed by atoms with Crippen molar-refractivity contribution in [2.75, 3.05) is 5.32 Å². The number of hydrogen-bond donors (Lipinski definition) is 1. The smallest absolute Gasteiger partial charge is 0.147 e. The number of anilines is 1. The largest absolute Gasteiger partial charge is 0.373 e. The Bertz CT molecular complexity index is 523. The molecule has 1 aromatic carbocycles. The lowest BCUT2D eigenvalue weighted by Crippen LogP contribution is -2.10. The molecule has 0 spiro atoms. The molecule has 1 N–H and O–H groups in total. The van der Waals surface area contributed by atoms with Crippen LogP contribution in [0.5, 0.6) is 0 Å². The van der Waals surface area contributed by atoms with Crippen molar-refractivity contribution in [3.8, 4) is 0 Å². The van der Waals surface area contributed by atoms with E-state index in [1.165, 1.54) is 18.2 Å². The number of nitrogens with one attached hydrogen (secondary N) is 1. The third-order valence-electron chi connectivity index (χ3n) is 2.52. The van der Waals surface area contributed by atoms with E-state index in [0.29, 0.717) is 10.7 Å². The van der Waals surface area contributed by atoms with Crippen molar-refractivity contribution in [3.05, 3.63) is 58.9 Å². The Morgan fingerprint density at radius 2 is 2.00 bits per heavy atom. The zero-order valence-corrected chi connectivity index (χ0v) is 10.4. The van der Waals surface area contributed by atoms with Crippen LogP contribution in [0.15, 0.2) is 36.5 Å². The maximum absolute atomic E-state index is 13.6. The summed E-state index contributed by atoms with van der Waals surface area (Å²) < 4.78 is 26.3. The number of aromatic nitrogens is 1. The average molecular weight is 269 g/mol. The van der Waals surface area contributed by atoms with E-state index in [0.717, 1.165) is 6.20 Å². The van der Waals surface area contributed by atoms with Gasteiger partial charge in [-0.2, -0.15) is 0 Å². The van der Waals surface area contributed by atoms with Crippen LogP contribution >= 0.6 is 11.6 Å². The zero-order chi connectivity index (χ0) is 13.1. The van der Waals surface area contributed by atoms with Gasteiger partial charge in [-0.25, -0.2) is 8.78 Å². The second-order valence-electron chi connectivity index (χ2n) is 3.86. The Morgan fingerprint density at radius 3 is 2.61 bits per heavy atom. The first-order valence-corrected chi connectivity index (χ1v) is 5.77. The van der Waals surface area contributed by atoms with Gasteiger partial charge in [0, 0.05) is 0 Å². The third kappa shape index (κ3) is 2.76. The van der Waals surface area contributed by atoms with Crippen LogP contribution in [-0.2, 0) is 0 Å². The summed E-state index contributed by atoms with van der Waals surface area (Å²) in [5, 5.41) is 3.22. The lowest BCUT2D eigenvalue weighted by Gasteiger charge is -2.16. The van der Waals surface area contributed by atoms with Crippen molar-refractivity contribution in [3.63, 3.8) is 0 Å². The molecule has 2 nitrogen and oxygen atoms in total. The van der Waals surface area contributed by atoms with Crippen LogP contribution in [0.1, 0.15) is 18.7 Å². The SMILES string of the molecule is CC(Nc1c(F)cccc1Cl)c1ccc(F)cn1. The van der Waals surface area contributed by atoms with Crippen molar-refractivity contribution in [2.24, 2.45) is 0 Å². The van der Waals surface area contributed by atoms with Gasteiger partial charge in [-0.1, -0.05) is 17.7 Å². The molecule has 0 amide bonds. The summed E-state index contributed by atoms with van der Waals surface area (Å²) in [5.74, 6) is -0.841. The summed E-state index contributed by atoms with van der Waals surface area (Å²) >= 11 is 5.90. The topological polar surface area (TPSA) is 24.9 Å². The van der Waals surface area contributed by atoms with E-state index < -0.39 is 11.6 Å². The highest BCUT2D eigenvalue weighted by molar-refractivity contribution is 6.33. The predicted molar refractivity (Wildman–Crippen MR) is 67.6 cm³/mol. The standard InChI is InChI=1S/C13H11ClF2N2/c1-8(12-6-5-9(15)7-17-12)18-13-10(14)3-2-4-11(13)16/h2-8,18H,1H3. The van der Waals surface area contributed by atoms with Crippen LogP contribution in [0.4, 0.5) is 14.5 Å². The molecule has 0 aliphatic carbocycles. The number of rotatable bonds is 3. The second-order valence-corrected chi connectivity index (χ2v) is 4.27. The molecule has 1 aromatic heterocycles. The van der Waals surface area contributed by atoms with Crippen molar-refractivity contribution in [1.82, 2.24) is 4.98 Å². The predicted octanol–water partition coefficient (Wildman–Crippen LogP) is 4.19. The van der Waals surface area contributed by atoms with Gasteiger partial charge in [-0.3, -0.25) is 4.98 Å². The minimum Gasteiger partial charge on any atom is -0.373 e. The molecular weight excluding hydrogens is 258 g/mol. The normalized spacial score (nSPS) is 12.2. The van der Waals surface area contributed by atoms with Gasteiger partial charge in [0.05, 0.1) is 28.6 Å². The van der Waals surface area contributed by atoms with E-state index in [2.05, 4.69) is 10.3 Å². The van der Waals surface area contributed by atoms with Gasteiger partial charge >= 0.3 is 0 Å². The molecule has 94 valence electrons. The fourth-order valence-electron chi connectivity index (χ4n) is 1.57. The first-order valence-electron chi connectivity index (χ1n) is 5.40. The highest BCUT2D eigenvalue weighted by Crippen LogP contribution is 2.28. The number of nitrogens with zero attached hydrogens (tertiary/aromatic N) is 1. The van der Waals surface area contributed by atoms with Crippen LogP contribution < -0.4 is 5.32 Å². The summed E-state index contributed by atoms with van der Waals surface area (Å²) in [6.07, 6.45) is 1.12. The van der Waals surface area contributed by atoms with Crippen LogP contribution in [0, 0.1) is 11.6 Å². The Balaban J connectivity index is 2.21. The third-order valence-corrected chi connectivity index (χ3v) is 2.83. The van der Waals surface area contributed by atoms with Crippen LogP contribution in [0.2, 0.25) is 5.02 Å². The maximum Gasteiger partial charge on any atom is 0.147 e. The Kier molecular flexibility index (Phi) is 3.77. The van der Waals surface area contributed by atoms with Gasteiger partial charge in [0.1, 0.15) is 11.6 Å². The van der Waals surface area contributed by atoms with Gasteiger partial charge in [0.2, 0.25) is 0 Å². The highest BCUT2D eigenvalue weighted by atomic mass is 35.5. The molecule has 0 saturated heterocycles. The molecule has 0 aliphatic heterocycles. The van der Waals surface area contributed by atoms with E-state index in [4.69, 9.17) is 11.6 Å². The maximum atomic E-state index is 13.6. The minimum atomic E-state index is -0.434. The van der Waals surface area contributed by atoms with Crippen LogP contribution in [0.25, 0.3) is 0 Å². The molecule has 1 atom stereocenters. The summed E-state index contributed by atoms with van der Waals surface area (Å²) in [7, 11) is 0. The fourth-order valence-corrected chi connectivity index (χ4v) is 1.79. The summed E-state index contributed by atoms with van der Waals surface area (Å²) in [4.78, 5) is 3.93. The van der Waals surface area contributed by atoms with E-state index in [1.54, 1.807) is 19.1 Å². The van der Waals surface area contributed by atoms with Crippen molar-refractivity contribution < 1.29 is 8.78 Å². The van der Waals surface area contributed by atoms with Crippen LogP contribution in [0.3, 0.4) is 0 Å². The molecular formula is C13H11ClF2N2. The van der Waals surface area contributed by atoms with E-state index in [1.807, 2.05) is 0 Å². The average Bonchev–Trinajstić information content (AvgIpc) is 2.34.